The van der Waals surface area contributed by atoms with E-state index < -0.39 is 0 Å². The molecule has 0 aliphatic rings. The molecule has 0 saturated carbocycles. The number of hydrazone groups is 1. The molecule has 0 aliphatic carbocycles. The highest BCUT2D eigenvalue weighted by molar-refractivity contribution is 7.18. The number of nitrogens with zero attached hydrogens (tertiary/aromatic N) is 3. The van der Waals surface area contributed by atoms with Crippen LogP contribution in [0.3, 0.4) is 0 Å². The van der Waals surface area contributed by atoms with Gasteiger partial charge in [0.2, 0.25) is 5.91 Å². The van der Waals surface area contributed by atoms with Crippen molar-refractivity contribution in [1.29, 1.82) is 0 Å². The fraction of sp³-hybridized carbons (Fsp3) is 0.267. The van der Waals surface area contributed by atoms with E-state index >= 15 is 0 Å². The summed E-state index contributed by atoms with van der Waals surface area (Å²) in [5.74, 6) is -0.0309. The molecule has 7 nitrogen and oxygen atoms in total. The Morgan fingerprint density at radius 2 is 2.17 bits per heavy atom. The highest BCUT2D eigenvalue weighted by Gasteiger charge is 2.13. The molecule has 3 rings (SSSR count). The summed E-state index contributed by atoms with van der Waals surface area (Å²) in [4.78, 5) is 37.0. The van der Waals surface area contributed by atoms with Gasteiger partial charge in [-0.2, -0.15) is 5.10 Å². The van der Waals surface area contributed by atoms with Gasteiger partial charge in [-0.1, -0.05) is 0 Å². The van der Waals surface area contributed by atoms with E-state index in [0.29, 0.717) is 21.7 Å². The van der Waals surface area contributed by atoms with Crippen LogP contribution in [0.25, 0.3) is 10.2 Å². The molecule has 0 aliphatic heterocycles. The molecule has 3 aromatic heterocycles. The molecule has 0 atom stereocenters. The van der Waals surface area contributed by atoms with E-state index in [9.17, 15) is 9.59 Å². The number of amides is 1. The highest BCUT2D eigenvalue weighted by atomic mass is 32.1. The van der Waals surface area contributed by atoms with Crippen molar-refractivity contribution in [3.63, 3.8) is 0 Å². The molecule has 0 radical (unpaired) electrons. The Kier molecular flexibility index (Phi) is 4.54. The van der Waals surface area contributed by atoms with Gasteiger partial charge >= 0.3 is 0 Å². The van der Waals surface area contributed by atoms with Crippen LogP contribution in [0.1, 0.15) is 27.0 Å². The molecule has 3 heterocycles. The number of thiazole rings is 1. The van der Waals surface area contributed by atoms with Crippen molar-refractivity contribution >= 4 is 45.0 Å². The first-order valence-corrected chi connectivity index (χ1v) is 8.86. The Hall–Kier alpha value is -2.39. The number of carbonyl (C=O) groups is 1. The number of fused-ring (bicyclic) bond motifs is 1. The third kappa shape index (κ3) is 3.41. The monoisotopic (exact) mass is 361 g/mol. The van der Waals surface area contributed by atoms with Crippen LogP contribution < -0.4 is 11.0 Å². The molecule has 0 saturated heterocycles. The van der Waals surface area contributed by atoms with E-state index in [1.54, 1.807) is 0 Å². The average Bonchev–Trinajstić information content (AvgIpc) is 3.03. The van der Waals surface area contributed by atoms with Gasteiger partial charge in [-0.25, -0.2) is 15.4 Å². The van der Waals surface area contributed by atoms with Crippen LogP contribution in [0.15, 0.2) is 15.3 Å². The van der Waals surface area contributed by atoms with Crippen LogP contribution in [0, 0.1) is 20.8 Å². The van der Waals surface area contributed by atoms with Crippen LogP contribution >= 0.6 is 22.7 Å². The summed E-state index contributed by atoms with van der Waals surface area (Å²) in [5.41, 5.74) is 3.82. The first-order valence-electron chi connectivity index (χ1n) is 7.17. The van der Waals surface area contributed by atoms with Crippen LogP contribution in [-0.2, 0) is 11.2 Å². The van der Waals surface area contributed by atoms with Gasteiger partial charge < -0.3 is 4.98 Å². The molecule has 0 fully saturated rings. The minimum atomic E-state index is -0.356. The lowest BCUT2D eigenvalue weighted by Gasteiger charge is -2.00. The third-order valence-corrected chi connectivity index (χ3v) is 5.33. The number of aromatic amines is 1. The number of hydrogen-bond donors (Lipinski definition) is 2. The fourth-order valence-corrected chi connectivity index (χ4v) is 3.80. The first kappa shape index (κ1) is 16.5. The fourth-order valence-electron chi connectivity index (χ4n) is 2.18. The number of aromatic nitrogens is 3. The van der Waals surface area contributed by atoms with Crippen LogP contribution in [0.4, 0.5) is 0 Å². The molecule has 1 amide bonds. The lowest BCUT2D eigenvalue weighted by atomic mass is 10.2. The van der Waals surface area contributed by atoms with E-state index in [-0.39, 0.29) is 17.9 Å². The van der Waals surface area contributed by atoms with Gasteiger partial charge in [-0.15, -0.1) is 22.7 Å². The molecule has 0 spiro atoms. The smallest absolute Gasteiger partial charge is 0.259 e. The second-order valence-corrected chi connectivity index (χ2v) is 7.50. The number of hydrogen-bond acceptors (Lipinski definition) is 7. The summed E-state index contributed by atoms with van der Waals surface area (Å²) in [6.45, 7) is 5.74. The number of aryl methyl sites for hydroxylation is 3. The van der Waals surface area contributed by atoms with Gasteiger partial charge in [-0.05, 0) is 26.3 Å². The quantitative estimate of drug-likeness (QED) is 0.549. The number of nitrogens with one attached hydrogen (secondary N) is 2. The van der Waals surface area contributed by atoms with E-state index in [2.05, 4.69) is 25.5 Å². The normalized spacial score (nSPS) is 11.5. The first-order chi connectivity index (χ1) is 11.4. The molecule has 0 unspecified atom stereocenters. The maximum Gasteiger partial charge on any atom is 0.259 e. The number of H-pyrrole nitrogens is 1. The number of rotatable bonds is 4. The van der Waals surface area contributed by atoms with Gasteiger partial charge in [0.05, 0.1) is 28.7 Å². The minimum absolute atomic E-state index is 0.0470. The van der Waals surface area contributed by atoms with Crippen LogP contribution in [0.5, 0.6) is 0 Å². The molecule has 2 N–H and O–H groups in total. The van der Waals surface area contributed by atoms with E-state index in [4.69, 9.17) is 0 Å². The molecule has 0 aromatic carbocycles. The summed E-state index contributed by atoms with van der Waals surface area (Å²) < 4.78 is 0. The van der Waals surface area contributed by atoms with Crippen molar-refractivity contribution in [1.82, 2.24) is 20.4 Å². The summed E-state index contributed by atoms with van der Waals surface area (Å²) in [6, 6.07) is 0. The van der Waals surface area contributed by atoms with Crippen molar-refractivity contribution < 1.29 is 4.79 Å². The van der Waals surface area contributed by atoms with Gasteiger partial charge in [0, 0.05) is 10.3 Å². The van der Waals surface area contributed by atoms with Crippen LogP contribution in [-0.4, -0.2) is 27.1 Å². The average molecular weight is 361 g/mol. The lowest BCUT2D eigenvalue weighted by Crippen LogP contribution is -2.23. The van der Waals surface area contributed by atoms with Crippen molar-refractivity contribution in [3.05, 3.63) is 42.7 Å². The van der Waals surface area contributed by atoms with Gasteiger partial charge in [0.15, 0.2) is 0 Å². The zero-order valence-corrected chi connectivity index (χ0v) is 15.0. The molecule has 24 heavy (non-hydrogen) atoms. The number of thiophene rings is 1. The highest BCUT2D eigenvalue weighted by Crippen LogP contribution is 2.25. The number of carbonyl (C=O) groups excluding carboxylic acids is 1. The molecule has 9 heteroatoms. The van der Waals surface area contributed by atoms with E-state index in [1.807, 2.05) is 26.2 Å². The molecular weight excluding hydrogens is 346 g/mol. The lowest BCUT2D eigenvalue weighted by molar-refractivity contribution is -0.120. The molecule has 0 bridgehead atoms. The SMILES string of the molecule is Cc1nc(/C=N/NC(=O)Cc2nc3sc(C)c(C)c3c(=O)[nH]2)cs1. The van der Waals surface area contributed by atoms with Crippen molar-refractivity contribution in [2.24, 2.45) is 5.10 Å². The van der Waals surface area contributed by atoms with Gasteiger partial charge in [-0.3, -0.25) is 9.59 Å². The van der Waals surface area contributed by atoms with E-state index in [0.717, 1.165) is 15.4 Å². The van der Waals surface area contributed by atoms with Crippen molar-refractivity contribution in [2.75, 3.05) is 0 Å². The Morgan fingerprint density at radius 1 is 1.38 bits per heavy atom. The van der Waals surface area contributed by atoms with Gasteiger partial charge in [0.1, 0.15) is 10.7 Å². The topological polar surface area (TPSA) is 100 Å². The van der Waals surface area contributed by atoms with Crippen molar-refractivity contribution in [3.8, 4) is 0 Å². The Labute approximate surface area is 145 Å². The zero-order valence-electron chi connectivity index (χ0n) is 13.3. The van der Waals surface area contributed by atoms with Gasteiger partial charge in [0.25, 0.3) is 5.56 Å². The Balaban J connectivity index is 1.71. The zero-order chi connectivity index (χ0) is 17.3. The Morgan fingerprint density at radius 3 is 2.88 bits per heavy atom. The summed E-state index contributed by atoms with van der Waals surface area (Å²) in [6.07, 6.45) is 1.43. The minimum Gasteiger partial charge on any atom is -0.309 e. The summed E-state index contributed by atoms with van der Waals surface area (Å²) in [7, 11) is 0. The third-order valence-electron chi connectivity index (χ3n) is 3.44. The maximum atomic E-state index is 12.2. The second kappa shape index (κ2) is 6.62. The van der Waals surface area contributed by atoms with E-state index in [1.165, 1.54) is 28.9 Å². The predicted octanol–water partition coefficient (Wildman–Crippen LogP) is 2.06. The maximum absolute atomic E-state index is 12.2. The summed E-state index contributed by atoms with van der Waals surface area (Å²) >= 11 is 2.96. The standard InChI is InChI=1S/C15H15N5O2S2/c1-7-8(2)24-15-13(7)14(22)18-11(19-15)4-12(21)20-16-5-10-6-23-9(3)17-10/h5-6H,4H2,1-3H3,(H,20,21)(H,18,19,22)/b16-5+. The second-order valence-electron chi connectivity index (χ2n) is 5.24. The summed E-state index contributed by atoms with van der Waals surface area (Å²) in [5, 5.41) is 7.23. The largest absolute Gasteiger partial charge is 0.309 e. The molecule has 3 aromatic rings. The molecule has 124 valence electrons. The predicted molar refractivity (Wildman–Crippen MR) is 96.0 cm³/mol. The van der Waals surface area contributed by atoms with Crippen LogP contribution in [0.2, 0.25) is 0 Å². The molecular formula is C15H15N5O2S2. The van der Waals surface area contributed by atoms with Crippen molar-refractivity contribution in [2.45, 2.75) is 27.2 Å². The Bertz CT molecular complexity index is 999.